The van der Waals surface area contributed by atoms with Gasteiger partial charge in [0.25, 0.3) is 10.0 Å². The monoisotopic (exact) mass is 303 g/mol. The summed E-state index contributed by atoms with van der Waals surface area (Å²) in [6, 6.07) is 0. The van der Waals surface area contributed by atoms with E-state index >= 15 is 0 Å². The van der Waals surface area contributed by atoms with Crippen LogP contribution in [0, 0.1) is 12.8 Å². The summed E-state index contributed by atoms with van der Waals surface area (Å²) in [5.41, 5.74) is 6.08. The Labute approximate surface area is 118 Å². The molecule has 5 nitrogen and oxygen atoms in total. The molecule has 1 heterocycles. The molecule has 0 amide bonds. The molecular formula is C12H21N3O2S2. The molecule has 0 unspecified atom stereocenters. The van der Waals surface area contributed by atoms with Crippen molar-refractivity contribution in [3.63, 3.8) is 0 Å². The first kappa shape index (κ1) is 14.7. The Morgan fingerprint density at radius 1 is 1.37 bits per heavy atom. The standard InChI is InChI=1S/C12H21N3O2S2/c1-9-11(18-12(13)14-9)19(16,17)15(2)8-10-6-4-3-5-7-10/h10H,3-8H2,1-2H3,(H2,13,14). The van der Waals surface area contributed by atoms with Gasteiger partial charge in [-0.1, -0.05) is 30.6 Å². The summed E-state index contributed by atoms with van der Waals surface area (Å²) < 4.78 is 26.7. The summed E-state index contributed by atoms with van der Waals surface area (Å²) >= 11 is 1.05. The molecule has 1 aromatic heterocycles. The molecule has 1 saturated carbocycles. The fourth-order valence-electron chi connectivity index (χ4n) is 2.61. The minimum atomic E-state index is -3.44. The highest BCUT2D eigenvalue weighted by Gasteiger charge is 2.28. The van der Waals surface area contributed by atoms with Crippen molar-refractivity contribution in [1.82, 2.24) is 9.29 Å². The van der Waals surface area contributed by atoms with E-state index in [-0.39, 0.29) is 4.21 Å². The van der Waals surface area contributed by atoms with Crippen molar-refractivity contribution >= 4 is 26.5 Å². The summed E-state index contributed by atoms with van der Waals surface area (Å²) in [6.45, 7) is 2.29. The summed E-state index contributed by atoms with van der Waals surface area (Å²) in [5, 5.41) is 0.308. The normalized spacial score (nSPS) is 18.1. The van der Waals surface area contributed by atoms with Crippen molar-refractivity contribution in [2.75, 3.05) is 19.3 Å². The maximum absolute atomic E-state index is 12.5. The molecule has 0 spiro atoms. The van der Waals surface area contributed by atoms with Gasteiger partial charge in [0, 0.05) is 13.6 Å². The minimum absolute atomic E-state index is 0.281. The highest BCUT2D eigenvalue weighted by molar-refractivity contribution is 7.91. The van der Waals surface area contributed by atoms with Gasteiger partial charge in [0.05, 0.1) is 5.69 Å². The Bertz CT molecular complexity index is 533. The van der Waals surface area contributed by atoms with Crippen molar-refractivity contribution in [1.29, 1.82) is 0 Å². The lowest BCUT2D eigenvalue weighted by Crippen LogP contribution is -2.32. The van der Waals surface area contributed by atoms with Gasteiger partial charge in [-0.05, 0) is 25.7 Å². The average Bonchev–Trinajstić information content (AvgIpc) is 2.70. The van der Waals surface area contributed by atoms with Crippen LogP contribution in [0.4, 0.5) is 5.13 Å². The third-order valence-corrected chi connectivity index (χ3v) is 7.05. The van der Waals surface area contributed by atoms with Crippen molar-refractivity contribution in [2.45, 2.75) is 43.2 Å². The van der Waals surface area contributed by atoms with Gasteiger partial charge < -0.3 is 5.73 Å². The number of nitrogens with two attached hydrogens (primary N) is 1. The number of hydrogen-bond acceptors (Lipinski definition) is 5. The first-order valence-electron chi connectivity index (χ1n) is 6.60. The maximum atomic E-state index is 12.5. The Hall–Kier alpha value is -0.660. The molecule has 108 valence electrons. The molecule has 0 saturated heterocycles. The predicted molar refractivity (Wildman–Crippen MR) is 77.7 cm³/mol. The first-order valence-corrected chi connectivity index (χ1v) is 8.86. The number of thiazole rings is 1. The van der Waals surface area contributed by atoms with Crippen molar-refractivity contribution in [3.8, 4) is 0 Å². The second-order valence-electron chi connectivity index (χ2n) is 5.21. The molecule has 1 aliphatic carbocycles. The number of hydrogen-bond donors (Lipinski definition) is 1. The van der Waals surface area contributed by atoms with Gasteiger partial charge in [-0.2, -0.15) is 4.31 Å². The first-order chi connectivity index (χ1) is 8.91. The lowest BCUT2D eigenvalue weighted by Gasteiger charge is -2.26. The van der Waals surface area contributed by atoms with E-state index in [0.717, 1.165) is 24.2 Å². The molecule has 0 bridgehead atoms. The highest BCUT2D eigenvalue weighted by Crippen LogP contribution is 2.30. The lowest BCUT2D eigenvalue weighted by molar-refractivity contribution is 0.300. The number of nitrogen functional groups attached to an aromatic ring is 1. The van der Waals surface area contributed by atoms with Gasteiger partial charge in [0.1, 0.15) is 0 Å². The van der Waals surface area contributed by atoms with E-state index in [1.165, 1.54) is 23.6 Å². The Morgan fingerprint density at radius 3 is 2.53 bits per heavy atom. The SMILES string of the molecule is Cc1nc(N)sc1S(=O)(=O)N(C)CC1CCCCC1. The number of sulfonamides is 1. The van der Waals surface area contributed by atoms with E-state index in [2.05, 4.69) is 4.98 Å². The van der Waals surface area contributed by atoms with Crippen molar-refractivity contribution in [3.05, 3.63) is 5.69 Å². The van der Waals surface area contributed by atoms with Crippen LogP contribution in [0.3, 0.4) is 0 Å². The quantitative estimate of drug-likeness (QED) is 0.925. The van der Waals surface area contributed by atoms with Crippen LogP contribution in [0.5, 0.6) is 0 Å². The van der Waals surface area contributed by atoms with E-state index in [1.807, 2.05) is 0 Å². The number of rotatable bonds is 4. The molecule has 1 aliphatic rings. The zero-order valence-electron chi connectivity index (χ0n) is 11.4. The van der Waals surface area contributed by atoms with Crippen LogP contribution in [0.2, 0.25) is 0 Å². The Balaban J connectivity index is 2.12. The topological polar surface area (TPSA) is 76.3 Å². The molecule has 2 rings (SSSR count). The van der Waals surface area contributed by atoms with Crippen LogP contribution in [0.1, 0.15) is 37.8 Å². The smallest absolute Gasteiger partial charge is 0.254 e. The van der Waals surface area contributed by atoms with E-state index in [9.17, 15) is 8.42 Å². The van der Waals surface area contributed by atoms with Gasteiger partial charge >= 0.3 is 0 Å². The molecule has 0 aromatic carbocycles. The molecular weight excluding hydrogens is 282 g/mol. The fraction of sp³-hybridized carbons (Fsp3) is 0.750. The molecule has 7 heteroatoms. The van der Waals surface area contributed by atoms with Gasteiger partial charge in [0.2, 0.25) is 0 Å². The summed E-state index contributed by atoms with van der Waals surface area (Å²) in [5.74, 6) is 0.485. The zero-order chi connectivity index (χ0) is 14.0. The molecule has 2 N–H and O–H groups in total. The molecule has 19 heavy (non-hydrogen) atoms. The van der Waals surface area contributed by atoms with Gasteiger partial charge in [-0.25, -0.2) is 13.4 Å². The van der Waals surface area contributed by atoms with E-state index in [1.54, 1.807) is 14.0 Å². The van der Waals surface area contributed by atoms with E-state index in [4.69, 9.17) is 5.73 Å². The number of anilines is 1. The highest BCUT2D eigenvalue weighted by atomic mass is 32.2. The van der Waals surface area contributed by atoms with E-state index < -0.39 is 10.0 Å². The third-order valence-electron chi connectivity index (χ3n) is 3.66. The molecule has 1 fully saturated rings. The average molecular weight is 303 g/mol. The van der Waals surface area contributed by atoms with Crippen LogP contribution in [-0.4, -0.2) is 31.3 Å². The second kappa shape index (κ2) is 5.76. The summed E-state index contributed by atoms with van der Waals surface area (Å²) in [7, 11) is -1.79. The molecule has 1 aromatic rings. The molecule has 0 aliphatic heterocycles. The second-order valence-corrected chi connectivity index (χ2v) is 8.49. The van der Waals surface area contributed by atoms with Crippen molar-refractivity contribution in [2.24, 2.45) is 5.92 Å². The van der Waals surface area contributed by atoms with Crippen LogP contribution < -0.4 is 5.73 Å². The molecule has 0 radical (unpaired) electrons. The molecule has 0 atom stereocenters. The largest absolute Gasteiger partial charge is 0.375 e. The lowest BCUT2D eigenvalue weighted by atomic mass is 9.89. The van der Waals surface area contributed by atoms with Gasteiger partial charge in [-0.15, -0.1) is 0 Å². The van der Waals surface area contributed by atoms with E-state index in [0.29, 0.717) is 23.3 Å². The van der Waals surface area contributed by atoms with Gasteiger partial charge in [0.15, 0.2) is 9.34 Å². The zero-order valence-corrected chi connectivity index (χ0v) is 13.1. The number of nitrogens with zero attached hydrogens (tertiary/aromatic N) is 2. The summed E-state index contributed by atoms with van der Waals surface area (Å²) in [4.78, 5) is 4.00. The Morgan fingerprint density at radius 2 is 2.00 bits per heavy atom. The van der Waals surface area contributed by atoms with Crippen molar-refractivity contribution < 1.29 is 8.42 Å². The number of aryl methyl sites for hydroxylation is 1. The minimum Gasteiger partial charge on any atom is -0.375 e. The third kappa shape index (κ3) is 3.27. The predicted octanol–water partition coefficient (Wildman–Crippen LogP) is 2.23. The maximum Gasteiger partial charge on any atom is 0.254 e. The Kier molecular flexibility index (Phi) is 4.47. The number of aromatic nitrogens is 1. The van der Waals surface area contributed by atoms with Gasteiger partial charge in [-0.3, -0.25) is 0 Å². The summed E-state index contributed by atoms with van der Waals surface area (Å²) in [6.07, 6.45) is 5.96. The fourth-order valence-corrected chi connectivity index (χ4v) is 5.35. The van der Waals surface area contributed by atoms with Crippen LogP contribution >= 0.6 is 11.3 Å². The van der Waals surface area contributed by atoms with Crippen LogP contribution in [-0.2, 0) is 10.0 Å². The van der Waals surface area contributed by atoms with Crippen LogP contribution in [0.25, 0.3) is 0 Å². The van der Waals surface area contributed by atoms with Crippen LogP contribution in [0.15, 0.2) is 4.21 Å².